The number of fused-ring (bicyclic) bond motifs is 3. The molecule has 2 aliphatic carbocycles. The fourth-order valence-corrected chi connectivity index (χ4v) is 16.7. The predicted octanol–water partition coefficient (Wildman–Crippen LogP) is 13.6. The van der Waals surface area contributed by atoms with E-state index in [1.54, 1.807) is 0 Å². The smallest absolute Gasteiger partial charge is 0.147 e. The Balaban J connectivity index is 0.00000302. The maximum atomic E-state index is 13.8. The van der Waals surface area contributed by atoms with Crippen molar-refractivity contribution < 1.29 is 47.6 Å². The van der Waals surface area contributed by atoms with Crippen LogP contribution in [-0.2, 0) is 44.4 Å². The van der Waals surface area contributed by atoms with Gasteiger partial charge in [-0.2, -0.15) is 0 Å². The summed E-state index contributed by atoms with van der Waals surface area (Å²) in [4.78, 5) is 0. The number of hydrogen-bond donors (Lipinski definition) is 0. The Labute approximate surface area is 323 Å². The second-order valence-electron chi connectivity index (χ2n) is 15.7. The normalized spacial score (nSPS) is 14.3. The molecule has 0 N–H and O–H groups in total. The van der Waals surface area contributed by atoms with E-state index in [2.05, 4.69) is 91.8 Å². The van der Waals surface area contributed by atoms with Crippen LogP contribution in [0, 0.1) is 13.8 Å². The summed E-state index contributed by atoms with van der Waals surface area (Å²) in [5, 5.41) is 0. The molecule has 9 heteroatoms. The molecule has 0 saturated heterocycles. The molecule has 0 unspecified atom stereocenters. The molecule has 0 fully saturated rings. The number of alkyl halides is 6. The molecule has 52 heavy (non-hydrogen) atoms. The molecule has 4 aromatic rings. The van der Waals surface area contributed by atoms with Crippen LogP contribution in [0.5, 0.6) is 0 Å². The number of halogens is 8. The van der Waals surface area contributed by atoms with Gasteiger partial charge in [0.05, 0.1) is 0 Å². The van der Waals surface area contributed by atoms with Gasteiger partial charge in [-0.25, -0.2) is 0 Å². The van der Waals surface area contributed by atoms with Gasteiger partial charge in [-0.1, -0.05) is 0 Å². The monoisotopic (exact) mass is 834 g/mol. The van der Waals surface area contributed by atoms with Crippen LogP contribution in [0.1, 0.15) is 107 Å². The van der Waals surface area contributed by atoms with E-state index in [1.807, 2.05) is 6.08 Å². The summed E-state index contributed by atoms with van der Waals surface area (Å²) in [6.45, 7) is 17.5. The summed E-state index contributed by atoms with van der Waals surface area (Å²) in [6, 6.07) is 19.7. The fourth-order valence-electron chi connectivity index (χ4n) is 7.77. The zero-order valence-corrected chi connectivity index (χ0v) is 34.6. The third-order valence-corrected chi connectivity index (χ3v) is 18.3. The Kier molecular flexibility index (Phi) is 12.0. The van der Waals surface area contributed by atoms with Crippen LogP contribution >= 0.6 is 24.8 Å². The van der Waals surface area contributed by atoms with Crippen LogP contribution in [0.2, 0.25) is 0 Å². The van der Waals surface area contributed by atoms with Crippen LogP contribution < -0.4 is 0 Å². The number of hydrogen-bond acceptors (Lipinski definition) is 0. The Morgan fingerprint density at radius 1 is 0.596 bits per heavy atom. The van der Waals surface area contributed by atoms with Crippen molar-refractivity contribution in [3.05, 3.63) is 150 Å². The van der Waals surface area contributed by atoms with Crippen molar-refractivity contribution >= 4 is 28.0 Å². The first-order valence-electron chi connectivity index (χ1n) is 16.9. The van der Waals surface area contributed by atoms with Crippen LogP contribution in [0.3, 0.4) is 0 Å². The molecule has 0 atom stereocenters. The molecule has 0 nitrogen and oxygen atoms in total. The number of rotatable bonds is 4. The maximum absolute atomic E-state index is 13.8. The number of aryl methyl sites for hydroxylation is 2. The molecule has 4 aromatic carbocycles. The van der Waals surface area contributed by atoms with Crippen LogP contribution in [0.25, 0.3) is 11.1 Å². The molecule has 0 bridgehead atoms. The molecule has 2 aliphatic rings. The molecule has 0 aromatic heterocycles. The van der Waals surface area contributed by atoms with E-state index in [0.29, 0.717) is 17.5 Å². The van der Waals surface area contributed by atoms with Crippen molar-refractivity contribution in [2.75, 3.05) is 0 Å². The van der Waals surface area contributed by atoms with Crippen molar-refractivity contribution in [3.63, 3.8) is 0 Å². The fraction of sp³-hybridized carbons (Fsp3) is 0.326. The summed E-state index contributed by atoms with van der Waals surface area (Å²) >= 11 is -3.38. The first kappa shape index (κ1) is 42.0. The minimum Gasteiger partial charge on any atom is -0.147 e. The second kappa shape index (κ2) is 14.8. The SMILES string of the molecule is Cc1cc2c(cc1C(C)(C)C)-c1cc(C(C)(C)C)c(C)cc1[CH]2[Zr]([C]1=CC=CC1)=[C](c1ccc(C(F)(F)F)cc1)c1ccc(C(F)(F)F)cc1.Cl.Cl. The van der Waals surface area contributed by atoms with E-state index in [4.69, 9.17) is 0 Å². The first-order chi connectivity index (χ1) is 23.2. The zero-order valence-electron chi connectivity index (χ0n) is 30.5. The van der Waals surface area contributed by atoms with Crippen LogP contribution in [0.15, 0.2) is 94.3 Å². The molecule has 0 radical (unpaired) electrons. The Morgan fingerprint density at radius 3 is 1.29 bits per heavy atom. The maximum Gasteiger partial charge on any atom is -0.147 e. The molecule has 6 rings (SSSR count). The van der Waals surface area contributed by atoms with Crippen LogP contribution in [-0.4, -0.2) is 3.21 Å². The van der Waals surface area contributed by atoms with Gasteiger partial charge in [-0.15, -0.1) is 24.8 Å². The van der Waals surface area contributed by atoms with Gasteiger partial charge in [0, 0.05) is 0 Å². The first-order valence-corrected chi connectivity index (χ1v) is 20.8. The zero-order chi connectivity index (χ0) is 36.6. The van der Waals surface area contributed by atoms with E-state index >= 15 is 0 Å². The second-order valence-corrected chi connectivity index (χ2v) is 22.0. The Morgan fingerprint density at radius 2 is 0.981 bits per heavy atom. The van der Waals surface area contributed by atoms with Crippen molar-refractivity contribution in [1.29, 1.82) is 0 Å². The van der Waals surface area contributed by atoms with Gasteiger partial charge < -0.3 is 0 Å². The molecule has 276 valence electrons. The van der Waals surface area contributed by atoms with Gasteiger partial charge in [0.1, 0.15) is 0 Å². The predicted molar refractivity (Wildman–Crippen MR) is 203 cm³/mol. The average molecular weight is 837 g/mol. The molecule has 0 amide bonds. The van der Waals surface area contributed by atoms with Crippen molar-refractivity contribution in [3.8, 4) is 11.1 Å². The summed E-state index contributed by atoms with van der Waals surface area (Å²) < 4.78 is 84.7. The van der Waals surface area contributed by atoms with Gasteiger partial charge in [-0.05, 0) is 0 Å². The standard InChI is InChI=1S/C23H29.C15H8F6.C5H5.2ClH.Zr/c1-14-9-16-11-17-10-15(2)21(23(6,7)8)13-19(17)18(16)12-20(14)22(3,4)5;16-14(17,18)12-5-1-10(2-6-12)9-11-3-7-13(8-4-11)15(19,20)21;1-2-4-5-3-1;;;/h9-13H,1-8H3;1-8H;1-3H,4H2;2*1H;. The quantitative estimate of drug-likeness (QED) is 0.180. The van der Waals surface area contributed by atoms with Gasteiger partial charge in [0.2, 0.25) is 0 Å². The van der Waals surface area contributed by atoms with Gasteiger partial charge in [-0.3, -0.25) is 0 Å². The minimum atomic E-state index is -4.51. The van der Waals surface area contributed by atoms with Gasteiger partial charge >= 0.3 is 301 Å². The molecular weight excluding hydrogens is 793 g/mol. The van der Waals surface area contributed by atoms with Crippen LogP contribution in [0.4, 0.5) is 26.3 Å². The molecule has 0 spiro atoms. The van der Waals surface area contributed by atoms with E-state index in [0.717, 1.165) is 27.5 Å². The number of benzene rings is 4. The summed E-state index contributed by atoms with van der Waals surface area (Å²) in [5.41, 5.74) is 9.14. The third-order valence-electron chi connectivity index (χ3n) is 10.00. The number of allylic oxidation sites excluding steroid dienone is 4. The summed E-state index contributed by atoms with van der Waals surface area (Å²) in [5.74, 6) is 0. The third kappa shape index (κ3) is 8.03. The van der Waals surface area contributed by atoms with Crippen molar-refractivity contribution in [2.24, 2.45) is 0 Å². The molecular formula is C43H44Cl2F6Zr. The minimum absolute atomic E-state index is 0. The Bertz CT molecular complexity index is 1940. The molecule has 0 aliphatic heterocycles. The van der Waals surface area contributed by atoms with E-state index < -0.39 is 44.7 Å². The van der Waals surface area contributed by atoms with E-state index in [-0.39, 0.29) is 39.3 Å². The van der Waals surface area contributed by atoms with E-state index in [1.165, 1.54) is 72.1 Å². The van der Waals surface area contributed by atoms with Crippen molar-refractivity contribution in [1.82, 2.24) is 0 Å². The molecule has 0 saturated carbocycles. The van der Waals surface area contributed by atoms with Crippen molar-refractivity contribution in [2.45, 2.75) is 88.6 Å². The topological polar surface area (TPSA) is 0 Å². The summed E-state index contributed by atoms with van der Waals surface area (Å²) in [7, 11) is 0. The van der Waals surface area contributed by atoms with Gasteiger partial charge in [0.25, 0.3) is 0 Å². The average Bonchev–Trinajstić information content (AvgIpc) is 3.64. The molecule has 0 heterocycles. The summed E-state index contributed by atoms with van der Waals surface area (Å²) in [6.07, 6.45) is -2.04. The Hall–Kier alpha value is -2.73. The van der Waals surface area contributed by atoms with E-state index in [9.17, 15) is 26.3 Å². The largest absolute Gasteiger partial charge is 0.147 e. The van der Waals surface area contributed by atoms with Gasteiger partial charge in [0.15, 0.2) is 0 Å².